The molecule has 0 aromatic heterocycles. The smallest absolute Gasteiger partial charge is 0.0322 e. The summed E-state index contributed by atoms with van der Waals surface area (Å²) < 4.78 is 0. The predicted octanol–water partition coefficient (Wildman–Crippen LogP) is 5.30. The fourth-order valence-corrected chi connectivity index (χ4v) is 2.96. The minimum Gasteiger partial charge on any atom is -0.103 e. The first-order chi connectivity index (χ1) is 7.54. The average molecular weight is 222 g/mol. The van der Waals surface area contributed by atoms with Gasteiger partial charge in [-0.3, -0.25) is 0 Å². The first kappa shape index (κ1) is 13.8. The summed E-state index contributed by atoms with van der Waals surface area (Å²) in [6, 6.07) is 0. The molecule has 3 unspecified atom stereocenters. The zero-order chi connectivity index (χ0) is 12.1. The lowest BCUT2D eigenvalue weighted by Gasteiger charge is -2.25. The molecule has 0 heterocycles. The molecule has 1 saturated carbocycles. The number of rotatable bonds is 8. The van der Waals surface area contributed by atoms with E-state index in [4.69, 9.17) is 0 Å². The van der Waals surface area contributed by atoms with Crippen molar-refractivity contribution < 1.29 is 0 Å². The van der Waals surface area contributed by atoms with Crippen LogP contribution in [0, 0.1) is 29.6 Å². The van der Waals surface area contributed by atoms with E-state index in [-0.39, 0.29) is 0 Å². The topological polar surface area (TPSA) is 0 Å². The van der Waals surface area contributed by atoms with Crippen molar-refractivity contribution >= 4 is 0 Å². The van der Waals surface area contributed by atoms with Crippen LogP contribution in [0.1, 0.15) is 59.8 Å². The van der Waals surface area contributed by atoms with Gasteiger partial charge in [-0.05, 0) is 61.7 Å². The molecule has 0 spiro atoms. The summed E-state index contributed by atoms with van der Waals surface area (Å²) in [6.07, 6.45) is 9.11. The largest absolute Gasteiger partial charge is 0.103 e. The minimum absolute atomic E-state index is 0.802. The zero-order valence-corrected chi connectivity index (χ0v) is 11.7. The molecule has 0 nitrogen and oxygen atoms in total. The van der Waals surface area contributed by atoms with Crippen molar-refractivity contribution in [2.24, 2.45) is 29.6 Å². The lowest BCUT2D eigenvalue weighted by atomic mass is 9.81. The Labute approximate surface area is 103 Å². The molecule has 0 saturated heterocycles. The summed E-state index contributed by atoms with van der Waals surface area (Å²) in [5, 5.41) is 0. The van der Waals surface area contributed by atoms with Gasteiger partial charge in [0.2, 0.25) is 0 Å². The summed E-state index contributed by atoms with van der Waals surface area (Å²) in [5.41, 5.74) is 0. The Morgan fingerprint density at radius 3 is 2.19 bits per heavy atom. The Morgan fingerprint density at radius 2 is 1.75 bits per heavy atom. The molecule has 0 N–H and O–H groups in total. The Balaban J connectivity index is 2.28. The second kappa shape index (κ2) is 6.47. The third kappa shape index (κ3) is 4.72. The van der Waals surface area contributed by atoms with Gasteiger partial charge in [0, 0.05) is 0 Å². The zero-order valence-electron chi connectivity index (χ0n) is 11.7. The van der Waals surface area contributed by atoms with Crippen molar-refractivity contribution in [3.8, 4) is 0 Å². The molecule has 0 bridgehead atoms. The van der Waals surface area contributed by atoms with E-state index in [2.05, 4.69) is 40.3 Å². The summed E-state index contributed by atoms with van der Waals surface area (Å²) in [4.78, 5) is 0. The van der Waals surface area contributed by atoms with E-state index >= 15 is 0 Å². The lowest BCUT2D eigenvalue weighted by molar-refractivity contribution is 0.271. The van der Waals surface area contributed by atoms with E-state index in [0.717, 1.165) is 29.6 Å². The normalized spacial score (nSPS) is 21.8. The highest BCUT2D eigenvalue weighted by Crippen LogP contribution is 2.40. The molecule has 0 aromatic rings. The fourth-order valence-electron chi connectivity index (χ4n) is 2.96. The molecule has 1 fully saturated rings. The molecule has 94 valence electrons. The molecule has 1 aliphatic rings. The van der Waals surface area contributed by atoms with Crippen LogP contribution in [-0.4, -0.2) is 0 Å². The van der Waals surface area contributed by atoms with Crippen LogP contribution in [0.3, 0.4) is 0 Å². The molecule has 0 amide bonds. The van der Waals surface area contributed by atoms with Crippen molar-refractivity contribution in [2.75, 3.05) is 0 Å². The molecular weight excluding hydrogens is 192 g/mol. The first-order valence-corrected chi connectivity index (χ1v) is 7.15. The maximum absolute atomic E-state index is 3.89. The van der Waals surface area contributed by atoms with Crippen LogP contribution in [-0.2, 0) is 0 Å². The van der Waals surface area contributed by atoms with E-state index in [1.165, 1.54) is 32.1 Å². The van der Waals surface area contributed by atoms with Gasteiger partial charge in [-0.1, -0.05) is 33.8 Å². The summed E-state index contributed by atoms with van der Waals surface area (Å²) in [6.45, 7) is 13.5. The summed E-state index contributed by atoms with van der Waals surface area (Å²) >= 11 is 0. The maximum atomic E-state index is 3.89. The molecular formula is C16H30. The van der Waals surface area contributed by atoms with Crippen molar-refractivity contribution in [2.45, 2.75) is 59.8 Å². The molecule has 0 radical (unpaired) electrons. The second-order valence-corrected chi connectivity index (χ2v) is 6.42. The highest BCUT2D eigenvalue weighted by atomic mass is 14.3. The fraction of sp³-hybridized carbons (Fsp3) is 0.875. The predicted molar refractivity (Wildman–Crippen MR) is 73.4 cm³/mol. The van der Waals surface area contributed by atoms with Gasteiger partial charge in [0.15, 0.2) is 0 Å². The van der Waals surface area contributed by atoms with Gasteiger partial charge in [-0.15, -0.1) is 6.58 Å². The van der Waals surface area contributed by atoms with Crippen LogP contribution in [0.4, 0.5) is 0 Å². The number of hydrogen-bond acceptors (Lipinski definition) is 0. The second-order valence-electron chi connectivity index (χ2n) is 6.42. The highest BCUT2D eigenvalue weighted by Gasteiger charge is 2.29. The van der Waals surface area contributed by atoms with Crippen LogP contribution in [0.5, 0.6) is 0 Å². The lowest BCUT2D eigenvalue weighted by Crippen LogP contribution is -2.14. The Kier molecular flexibility index (Phi) is 5.58. The maximum Gasteiger partial charge on any atom is -0.0322 e. The van der Waals surface area contributed by atoms with Gasteiger partial charge >= 0.3 is 0 Å². The molecule has 0 aliphatic heterocycles. The third-order valence-corrected chi connectivity index (χ3v) is 4.32. The summed E-state index contributed by atoms with van der Waals surface area (Å²) in [7, 11) is 0. The molecule has 1 rings (SSSR count). The van der Waals surface area contributed by atoms with Crippen molar-refractivity contribution in [1.82, 2.24) is 0 Å². The first-order valence-electron chi connectivity index (χ1n) is 7.15. The van der Waals surface area contributed by atoms with Crippen molar-refractivity contribution in [3.63, 3.8) is 0 Å². The molecule has 16 heavy (non-hydrogen) atoms. The minimum atomic E-state index is 0.802. The van der Waals surface area contributed by atoms with Gasteiger partial charge in [0.25, 0.3) is 0 Å². The Bertz CT molecular complexity index is 200. The third-order valence-electron chi connectivity index (χ3n) is 4.32. The van der Waals surface area contributed by atoms with E-state index in [9.17, 15) is 0 Å². The van der Waals surface area contributed by atoms with E-state index in [0.29, 0.717) is 0 Å². The average Bonchev–Trinajstić information content (AvgIpc) is 2.99. The van der Waals surface area contributed by atoms with E-state index in [1.54, 1.807) is 0 Å². The number of hydrogen-bond donors (Lipinski definition) is 0. The van der Waals surface area contributed by atoms with Crippen LogP contribution in [0.25, 0.3) is 0 Å². The van der Waals surface area contributed by atoms with Gasteiger partial charge in [0.1, 0.15) is 0 Å². The SMILES string of the molecule is C=CCC(CC(C)CC(C)C1CC1)C(C)C. The molecule has 0 aromatic carbocycles. The molecule has 3 atom stereocenters. The van der Waals surface area contributed by atoms with E-state index < -0.39 is 0 Å². The van der Waals surface area contributed by atoms with Crippen LogP contribution in [0.15, 0.2) is 12.7 Å². The highest BCUT2D eigenvalue weighted by molar-refractivity contribution is 4.81. The van der Waals surface area contributed by atoms with Gasteiger partial charge in [-0.25, -0.2) is 0 Å². The van der Waals surface area contributed by atoms with Gasteiger partial charge in [0.05, 0.1) is 0 Å². The molecule has 0 heteroatoms. The van der Waals surface area contributed by atoms with Crippen molar-refractivity contribution in [3.05, 3.63) is 12.7 Å². The van der Waals surface area contributed by atoms with Crippen LogP contribution >= 0.6 is 0 Å². The summed E-state index contributed by atoms with van der Waals surface area (Å²) in [5.74, 6) is 4.57. The monoisotopic (exact) mass is 222 g/mol. The van der Waals surface area contributed by atoms with Crippen molar-refractivity contribution in [1.29, 1.82) is 0 Å². The Hall–Kier alpha value is -0.260. The van der Waals surface area contributed by atoms with Crippen LogP contribution < -0.4 is 0 Å². The quantitative estimate of drug-likeness (QED) is 0.489. The standard InChI is InChI=1S/C16H30/c1-6-7-16(12(2)3)11-13(4)10-14(5)15-8-9-15/h6,12-16H,1,7-11H2,2-5H3. The molecule has 1 aliphatic carbocycles. The number of allylic oxidation sites excluding steroid dienone is 1. The van der Waals surface area contributed by atoms with E-state index in [1.807, 2.05) is 0 Å². The van der Waals surface area contributed by atoms with Crippen LogP contribution in [0.2, 0.25) is 0 Å². The van der Waals surface area contributed by atoms with Gasteiger partial charge in [-0.2, -0.15) is 0 Å². The Morgan fingerprint density at radius 1 is 1.12 bits per heavy atom. The van der Waals surface area contributed by atoms with Gasteiger partial charge < -0.3 is 0 Å².